The summed E-state index contributed by atoms with van der Waals surface area (Å²) in [6.07, 6.45) is 2.51. The van der Waals surface area contributed by atoms with Crippen LogP contribution in [-0.2, 0) is 10.8 Å². The van der Waals surface area contributed by atoms with Crippen molar-refractivity contribution in [2.24, 2.45) is 0 Å². The standard InChI is InChI=1S/C13H18N4OS/c1-9(7-8-19(2)18)15-13-12(14)16-10-5-3-4-6-11(10)17-13/h3-6,9H,7-8H2,1-2H3,(H2,14,16)(H,15,17). The van der Waals surface area contributed by atoms with E-state index < -0.39 is 10.8 Å². The topological polar surface area (TPSA) is 80.9 Å². The molecule has 0 bridgehead atoms. The number of hydrogen-bond donors (Lipinski definition) is 2. The molecule has 0 fully saturated rings. The van der Waals surface area contributed by atoms with Gasteiger partial charge in [0.15, 0.2) is 11.6 Å². The van der Waals surface area contributed by atoms with Crippen LogP contribution in [-0.4, -0.2) is 32.2 Å². The SMILES string of the molecule is CC(CCS(C)=O)Nc1nc2ccccc2nc1N. The minimum atomic E-state index is -0.779. The number of nitrogen functional groups attached to an aromatic ring is 1. The van der Waals surface area contributed by atoms with Crippen molar-refractivity contribution in [3.8, 4) is 0 Å². The van der Waals surface area contributed by atoms with E-state index in [9.17, 15) is 4.21 Å². The Morgan fingerprint density at radius 1 is 1.32 bits per heavy atom. The molecule has 6 heteroatoms. The Labute approximate surface area is 115 Å². The molecule has 0 saturated heterocycles. The third-order valence-corrected chi connectivity index (χ3v) is 3.63. The monoisotopic (exact) mass is 278 g/mol. The first kappa shape index (κ1) is 13.7. The van der Waals surface area contributed by atoms with Gasteiger partial charge in [0, 0.05) is 28.9 Å². The summed E-state index contributed by atoms with van der Waals surface area (Å²) in [4.78, 5) is 8.78. The summed E-state index contributed by atoms with van der Waals surface area (Å²) in [5, 5.41) is 3.22. The van der Waals surface area contributed by atoms with E-state index in [1.54, 1.807) is 6.26 Å². The quantitative estimate of drug-likeness (QED) is 0.871. The van der Waals surface area contributed by atoms with Crippen LogP contribution in [0.2, 0.25) is 0 Å². The molecule has 2 atom stereocenters. The summed E-state index contributed by atoms with van der Waals surface area (Å²) < 4.78 is 11.1. The van der Waals surface area contributed by atoms with Gasteiger partial charge < -0.3 is 11.1 Å². The number of fused-ring (bicyclic) bond motifs is 1. The fraction of sp³-hybridized carbons (Fsp3) is 0.385. The van der Waals surface area contributed by atoms with E-state index in [2.05, 4.69) is 15.3 Å². The van der Waals surface area contributed by atoms with Crippen molar-refractivity contribution in [1.82, 2.24) is 9.97 Å². The highest BCUT2D eigenvalue weighted by molar-refractivity contribution is 7.84. The Morgan fingerprint density at radius 2 is 1.95 bits per heavy atom. The highest BCUT2D eigenvalue weighted by Crippen LogP contribution is 2.19. The molecular weight excluding hydrogens is 260 g/mol. The van der Waals surface area contributed by atoms with Crippen LogP contribution in [0.4, 0.5) is 11.6 Å². The van der Waals surface area contributed by atoms with Crippen molar-refractivity contribution in [2.45, 2.75) is 19.4 Å². The summed E-state index contributed by atoms with van der Waals surface area (Å²) in [7, 11) is -0.779. The van der Waals surface area contributed by atoms with Crippen LogP contribution >= 0.6 is 0 Å². The molecule has 102 valence electrons. The summed E-state index contributed by atoms with van der Waals surface area (Å²) in [5.74, 6) is 1.64. The third kappa shape index (κ3) is 3.64. The van der Waals surface area contributed by atoms with Gasteiger partial charge in [-0.2, -0.15) is 0 Å². The highest BCUT2D eigenvalue weighted by Gasteiger charge is 2.09. The zero-order chi connectivity index (χ0) is 13.8. The smallest absolute Gasteiger partial charge is 0.169 e. The number of rotatable bonds is 5. The molecule has 1 aromatic heterocycles. The number of anilines is 2. The van der Waals surface area contributed by atoms with Crippen LogP contribution in [0.1, 0.15) is 13.3 Å². The first-order valence-corrected chi connectivity index (χ1v) is 7.88. The lowest BCUT2D eigenvalue weighted by Gasteiger charge is -2.15. The molecule has 2 unspecified atom stereocenters. The van der Waals surface area contributed by atoms with E-state index in [0.29, 0.717) is 17.4 Å². The molecule has 2 aromatic rings. The van der Waals surface area contributed by atoms with E-state index in [1.165, 1.54) is 0 Å². The van der Waals surface area contributed by atoms with E-state index in [0.717, 1.165) is 17.5 Å². The van der Waals surface area contributed by atoms with Gasteiger partial charge in [0.1, 0.15) is 0 Å². The molecule has 1 aromatic carbocycles. The highest BCUT2D eigenvalue weighted by atomic mass is 32.2. The Bertz CT molecular complexity index is 602. The average molecular weight is 278 g/mol. The Morgan fingerprint density at radius 3 is 2.58 bits per heavy atom. The predicted octanol–water partition coefficient (Wildman–Crippen LogP) is 1.78. The first-order chi connectivity index (χ1) is 9.06. The molecule has 0 saturated carbocycles. The van der Waals surface area contributed by atoms with Gasteiger partial charge in [-0.25, -0.2) is 9.97 Å². The number of nitrogens with zero attached hydrogens (tertiary/aromatic N) is 2. The van der Waals surface area contributed by atoms with Crippen LogP contribution in [0.15, 0.2) is 24.3 Å². The largest absolute Gasteiger partial charge is 0.381 e. The number of nitrogens with two attached hydrogens (primary N) is 1. The van der Waals surface area contributed by atoms with Gasteiger partial charge in [0.25, 0.3) is 0 Å². The number of benzene rings is 1. The second kappa shape index (κ2) is 5.97. The normalized spacial score (nSPS) is 14.2. The predicted molar refractivity (Wildman–Crippen MR) is 80.6 cm³/mol. The molecule has 3 N–H and O–H groups in total. The molecular formula is C13H18N4OS. The Balaban J connectivity index is 2.15. The molecule has 5 nitrogen and oxygen atoms in total. The fourth-order valence-corrected chi connectivity index (χ4v) is 2.45. The van der Waals surface area contributed by atoms with Gasteiger partial charge in [-0.05, 0) is 25.5 Å². The van der Waals surface area contributed by atoms with Crippen LogP contribution in [0.25, 0.3) is 11.0 Å². The molecule has 0 aliphatic heterocycles. The molecule has 0 spiro atoms. The summed E-state index contributed by atoms with van der Waals surface area (Å²) >= 11 is 0. The van der Waals surface area contributed by atoms with Crippen LogP contribution in [0, 0.1) is 0 Å². The Hall–Kier alpha value is -1.69. The molecule has 1 heterocycles. The van der Waals surface area contributed by atoms with Crippen LogP contribution < -0.4 is 11.1 Å². The summed E-state index contributed by atoms with van der Waals surface area (Å²) in [6.45, 7) is 2.02. The molecule has 0 amide bonds. The number of para-hydroxylation sites is 2. The fourth-order valence-electron chi connectivity index (χ4n) is 1.77. The molecule has 0 aliphatic rings. The van der Waals surface area contributed by atoms with Crippen LogP contribution in [0.5, 0.6) is 0 Å². The third-order valence-electron chi connectivity index (χ3n) is 2.82. The maximum atomic E-state index is 11.1. The lowest BCUT2D eigenvalue weighted by molar-refractivity contribution is 0.678. The maximum absolute atomic E-state index is 11.1. The van der Waals surface area contributed by atoms with E-state index in [4.69, 9.17) is 5.73 Å². The van der Waals surface area contributed by atoms with Crippen molar-refractivity contribution in [3.05, 3.63) is 24.3 Å². The average Bonchev–Trinajstić information content (AvgIpc) is 2.37. The van der Waals surface area contributed by atoms with Crippen LogP contribution in [0.3, 0.4) is 0 Å². The zero-order valence-corrected chi connectivity index (χ0v) is 11.9. The van der Waals surface area contributed by atoms with Crippen molar-refractivity contribution in [2.75, 3.05) is 23.1 Å². The summed E-state index contributed by atoms with van der Waals surface area (Å²) in [5.41, 5.74) is 7.49. The lowest BCUT2D eigenvalue weighted by atomic mass is 10.2. The van der Waals surface area contributed by atoms with E-state index >= 15 is 0 Å². The second-order valence-electron chi connectivity index (χ2n) is 4.56. The maximum Gasteiger partial charge on any atom is 0.169 e. The van der Waals surface area contributed by atoms with Crippen molar-refractivity contribution >= 4 is 33.5 Å². The van der Waals surface area contributed by atoms with Gasteiger partial charge in [-0.1, -0.05) is 12.1 Å². The second-order valence-corrected chi connectivity index (χ2v) is 6.11. The lowest BCUT2D eigenvalue weighted by Crippen LogP contribution is -2.20. The minimum Gasteiger partial charge on any atom is -0.381 e. The Kier molecular flexibility index (Phi) is 4.31. The molecule has 0 radical (unpaired) electrons. The molecule has 2 rings (SSSR count). The number of hydrogen-bond acceptors (Lipinski definition) is 5. The zero-order valence-electron chi connectivity index (χ0n) is 11.1. The van der Waals surface area contributed by atoms with Crippen molar-refractivity contribution in [1.29, 1.82) is 0 Å². The van der Waals surface area contributed by atoms with Gasteiger partial charge in [0.05, 0.1) is 11.0 Å². The molecule has 19 heavy (non-hydrogen) atoms. The first-order valence-electron chi connectivity index (χ1n) is 6.15. The van der Waals surface area contributed by atoms with E-state index in [-0.39, 0.29) is 6.04 Å². The number of aromatic nitrogens is 2. The van der Waals surface area contributed by atoms with E-state index in [1.807, 2.05) is 31.2 Å². The van der Waals surface area contributed by atoms with Gasteiger partial charge in [-0.3, -0.25) is 4.21 Å². The molecule has 0 aliphatic carbocycles. The van der Waals surface area contributed by atoms with Gasteiger partial charge in [-0.15, -0.1) is 0 Å². The summed E-state index contributed by atoms with van der Waals surface area (Å²) in [6, 6.07) is 7.76. The minimum absolute atomic E-state index is 0.154. The van der Waals surface area contributed by atoms with Crippen molar-refractivity contribution in [3.63, 3.8) is 0 Å². The number of nitrogens with one attached hydrogen (secondary N) is 1. The van der Waals surface area contributed by atoms with Gasteiger partial charge in [0.2, 0.25) is 0 Å². The van der Waals surface area contributed by atoms with Gasteiger partial charge >= 0.3 is 0 Å². The van der Waals surface area contributed by atoms with Crippen molar-refractivity contribution < 1.29 is 4.21 Å².